The number of carbonyl (C=O) groups excluding carboxylic acids is 1. The molecular formula is C17H16F3NO3. The van der Waals surface area contributed by atoms with Gasteiger partial charge in [-0.05, 0) is 44.2 Å². The molecule has 0 N–H and O–H groups in total. The van der Waals surface area contributed by atoms with Crippen molar-refractivity contribution in [2.75, 3.05) is 13.7 Å². The number of rotatable bonds is 4. The Bertz CT molecular complexity index is 740. The molecule has 0 atom stereocenters. The molecule has 0 fully saturated rings. The number of carbonyl (C=O) groups is 1. The van der Waals surface area contributed by atoms with Crippen LogP contribution in [0.3, 0.4) is 0 Å². The van der Waals surface area contributed by atoms with Crippen LogP contribution in [0.1, 0.15) is 28.5 Å². The van der Waals surface area contributed by atoms with Crippen LogP contribution in [0, 0.1) is 6.92 Å². The van der Waals surface area contributed by atoms with E-state index in [0.717, 1.165) is 6.07 Å². The molecule has 4 nitrogen and oxygen atoms in total. The highest BCUT2D eigenvalue weighted by molar-refractivity contribution is 5.93. The Morgan fingerprint density at radius 3 is 2.33 bits per heavy atom. The monoisotopic (exact) mass is 339 g/mol. The standard InChI is InChI=1S/C17H16F3NO3/c1-4-24-16(22)15-10(2)21-14(9-13(15)17(18,19)20)11-5-7-12(23-3)8-6-11/h5-9H,4H2,1-3H3. The molecule has 0 radical (unpaired) electrons. The zero-order valence-electron chi connectivity index (χ0n) is 13.4. The summed E-state index contributed by atoms with van der Waals surface area (Å²) in [6.45, 7) is 2.87. The summed E-state index contributed by atoms with van der Waals surface area (Å²) < 4.78 is 49.9. The zero-order valence-corrected chi connectivity index (χ0v) is 13.4. The fourth-order valence-corrected chi connectivity index (χ4v) is 2.27. The van der Waals surface area contributed by atoms with Crippen molar-refractivity contribution in [1.82, 2.24) is 4.98 Å². The smallest absolute Gasteiger partial charge is 0.417 e. The molecule has 7 heteroatoms. The number of halogens is 3. The number of ether oxygens (including phenoxy) is 2. The van der Waals surface area contributed by atoms with Gasteiger partial charge in [0.25, 0.3) is 0 Å². The first-order valence-electron chi connectivity index (χ1n) is 7.18. The van der Waals surface area contributed by atoms with Gasteiger partial charge in [0.05, 0.1) is 36.2 Å². The van der Waals surface area contributed by atoms with Crippen molar-refractivity contribution < 1.29 is 27.4 Å². The number of nitrogens with zero attached hydrogens (tertiary/aromatic N) is 1. The molecule has 2 rings (SSSR count). The van der Waals surface area contributed by atoms with Crippen LogP contribution in [0.4, 0.5) is 13.2 Å². The number of esters is 1. The minimum absolute atomic E-state index is 0.0181. The van der Waals surface area contributed by atoms with Crippen molar-refractivity contribution in [3.63, 3.8) is 0 Å². The lowest BCUT2D eigenvalue weighted by Gasteiger charge is -2.16. The van der Waals surface area contributed by atoms with Gasteiger partial charge in [-0.25, -0.2) is 4.79 Å². The second-order valence-electron chi connectivity index (χ2n) is 4.96. The van der Waals surface area contributed by atoms with Gasteiger partial charge in [0, 0.05) is 5.56 Å². The molecule has 0 saturated heterocycles. The topological polar surface area (TPSA) is 48.4 Å². The number of pyridine rings is 1. The third kappa shape index (κ3) is 3.67. The number of aromatic nitrogens is 1. The molecule has 0 spiro atoms. The molecular weight excluding hydrogens is 323 g/mol. The summed E-state index contributed by atoms with van der Waals surface area (Å²) in [5, 5.41) is 0. The fraction of sp³-hybridized carbons (Fsp3) is 0.294. The minimum Gasteiger partial charge on any atom is -0.497 e. The largest absolute Gasteiger partial charge is 0.497 e. The molecule has 0 saturated carbocycles. The average molecular weight is 339 g/mol. The van der Waals surface area contributed by atoms with Gasteiger partial charge in [-0.2, -0.15) is 13.2 Å². The molecule has 0 bridgehead atoms. The van der Waals surface area contributed by atoms with Crippen LogP contribution in [0.15, 0.2) is 30.3 Å². The molecule has 0 amide bonds. The Morgan fingerprint density at radius 2 is 1.83 bits per heavy atom. The predicted octanol–water partition coefficient (Wildman–Crippen LogP) is 4.26. The maximum absolute atomic E-state index is 13.4. The van der Waals surface area contributed by atoms with Gasteiger partial charge < -0.3 is 9.47 Å². The van der Waals surface area contributed by atoms with E-state index in [1.54, 1.807) is 24.3 Å². The average Bonchev–Trinajstić information content (AvgIpc) is 2.53. The minimum atomic E-state index is -4.70. The summed E-state index contributed by atoms with van der Waals surface area (Å²) in [5.74, 6) is -0.453. The summed E-state index contributed by atoms with van der Waals surface area (Å²) in [4.78, 5) is 16.0. The van der Waals surface area contributed by atoms with E-state index >= 15 is 0 Å². The lowest BCUT2D eigenvalue weighted by atomic mass is 10.0. The van der Waals surface area contributed by atoms with Gasteiger partial charge >= 0.3 is 12.1 Å². The van der Waals surface area contributed by atoms with Crippen molar-refractivity contribution in [1.29, 1.82) is 0 Å². The Morgan fingerprint density at radius 1 is 1.21 bits per heavy atom. The highest BCUT2D eigenvalue weighted by Crippen LogP contribution is 2.36. The van der Waals surface area contributed by atoms with Gasteiger partial charge in [0.2, 0.25) is 0 Å². The normalized spacial score (nSPS) is 11.2. The van der Waals surface area contributed by atoms with Crippen LogP contribution >= 0.6 is 0 Å². The number of hydrogen-bond donors (Lipinski definition) is 0. The Balaban J connectivity index is 2.60. The number of hydrogen-bond acceptors (Lipinski definition) is 4. The Kier molecular flexibility index (Phi) is 5.11. The van der Waals surface area contributed by atoms with Crippen LogP contribution < -0.4 is 4.74 Å². The van der Waals surface area contributed by atoms with E-state index in [1.165, 1.54) is 21.0 Å². The molecule has 0 aliphatic rings. The third-order valence-corrected chi connectivity index (χ3v) is 3.37. The lowest BCUT2D eigenvalue weighted by molar-refractivity contribution is -0.138. The van der Waals surface area contributed by atoms with Gasteiger partial charge in [-0.1, -0.05) is 0 Å². The Hall–Kier alpha value is -2.57. The molecule has 1 aromatic carbocycles. The molecule has 0 aliphatic heterocycles. The summed E-state index contributed by atoms with van der Waals surface area (Å²) in [7, 11) is 1.49. The van der Waals surface area contributed by atoms with E-state index in [9.17, 15) is 18.0 Å². The summed E-state index contributed by atoms with van der Waals surface area (Å²) in [6.07, 6.45) is -4.70. The molecule has 128 valence electrons. The van der Waals surface area contributed by atoms with Gasteiger partial charge in [-0.15, -0.1) is 0 Å². The van der Waals surface area contributed by atoms with Crippen molar-refractivity contribution in [3.8, 4) is 17.0 Å². The molecule has 0 unspecified atom stereocenters. The number of methoxy groups -OCH3 is 1. The molecule has 1 heterocycles. The van der Waals surface area contributed by atoms with Gasteiger partial charge in [0.15, 0.2) is 0 Å². The predicted molar refractivity (Wildman–Crippen MR) is 81.9 cm³/mol. The van der Waals surface area contributed by atoms with E-state index in [4.69, 9.17) is 9.47 Å². The second kappa shape index (κ2) is 6.90. The molecule has 1 aromatic heterocycles. The van der Waals surface area contributed by atoms with Crippen molar-refractivity contribution in [2.45, 2.75) is 20.0 Å². The number of aryl methyl sites for hydroxylation is 1. The highest BCUT2D eigenvalue weighted by Gasteiger charge is 2.37. The van der Waals surface area contributed by atoms with Crippen molar-refractivity contribution >= 4 is 5.97 Å². The van der Waals surface area contributed by atoms with Crippen LogP contribution in [-0.4, -0.2) is 24.7 Å². The summed E-state index contributed by atoms with van der Waals surface area (Å²) in [5.41, 5.74) is -1.04. The number of benzene rings is 1. The van der Waals surface area contributed by atoms with Crippen LogP contribution in [0.2, 0.25) is 0 Å². The van der Waals surface area contributed by atoms with E-state index in [-0.39, 0.29) is 18.0 Å². The number of alkyl halides is 3. The Labute approximate surface area is 137 Å². The zero-order chi connectivity index (χ0) is 17.9. The fourth-order valence-electron chi connectivity index (χ4n) is 2.27. The maximum Gasteiger partial charge on any atom is 0.417 e. The van der Waals surface area contributed by atoms with Crippen molar-refractivity contribution in [3.05, 3.63) is 47.2 Å². The van der Waals surface area contributed by atoms with E-state index < -0.39 is 23.3 Å². The van der Waals surface area contributed by atoms with Crippen molar-refractivity contribution in [2.24, 2.45) is 0 Å². The summed E-state index contributed by atoms with van der Waals surface area (Å²) in [6, 6.07) is 7.31. The van der Waals surface area contributed by atoms with Gasteiger partial charge in [-0.3, -0.25) is 4.98 Å². The van der Waals surface area contributed by atoms with Crippen LogP contribution in [-0.2, 0) is 10.9 Å². The third-order valence-electron chi connectivity index (χ3n) is 3.37. The molecule has 0 aliphatic carbocycles. The first-order valence-corrected chi connectivity index (χ1v) is 7.18. The first kappa shape index (κ1) is 17.8. The van der Waals surface area contributed by atoms with E-state index in [2.05, 4.69) is 4.98 Å². The maximum atomic E-state index is 13.4. The lowest BCUT2D eigenvalue weighted by Crippen LogP contribution is -2.18. The first-order chi connectivity index (χ1) is 11.3. The summed E-state index contributed by atoms with van der Waals surface area (Å²) >= 11 is 0. The molecule has 24 heavy (non-hydrogen) atoms. The van der Waals surface area contributed by atoms with E-state index in [1.807, 2.05) is 0 Å². The second-order valence-corrected chi connectivity index (χ2v) is 4.96. The van der Waals surface area contributed by atoms with Gasteiger partial charge in [0.1, 0.15) is 5.75 Å². The quantitative estimate of drug-likeness (QED) is 0.781. The van der Waals surface area contributed by atoms with Crippen LogP contribution in [0.25, 0.3) is 11.3 Å². The van der Waals surface area contributed by atoms with E-state index in [0.29, 0.717) is 11.3 Å². The SMILES string of the molecule is CCOC(=O)c1c(C(F)(F)F)cc(-c2ccc(OC)cc2)nc1C. The highest BCUT2D eigenvalue weighted by atomic mass is 19.4. The van der Waals surface area contributed by atoms with Crippen LogP contribution in [0.5, 0.6) is 5.75 Å². The molecule has 2 aromatic rings.